The molecule has 3 nitrogen and oxygen atoms in total. The Morgan fingerprint density at radius 1 is 1.08 bits per heavy atom. The number of rotatable bonds is 3. The molecule has 4 rings (SSSR count). The normalized spacial score (nSPS) is 11.5. The van der Waals surface area contributed by atoms with E-state index in [1.807, 2.05) is 47.9 Å². The molecular formula is C20H12N2OS. The summed E-state index contributed by atoms with van der Waals surface area (Å²) in [5, 5.41) is 14.4. The molecule has 0 amide bonds. The van der Waals surface area contributed by atoms with Crippen LogP contribution in [0.2, 0.25) is 0 Å². The molecule has 0 spiro atoms. The fourth-order valence-electron chi connectivity index (χ4n) is 2.61. The molecule has 2 aromatic carbocycles. The lowest BCUT2D eigenvalue weighted by molar-refractivity contribution is 0.580. The van der Waals surface area contributed by atoms with Gasteiger partial charge in [0.05, 0.1) is 11.8 Å². The first kappa shape index (κ1) is 14.4. The van der Waals surface area contributed by atoms with E-state index in [1.54, 1.807) is 6.26 Å². The summed E-state index contributed by atoms with van der Waals surface area (Å²) in [4.78, 5) is 4.53. The smallest absolute Gasteiger partial charge is 0.153 e. The highest BCUT2D eigenvalue weighted by atomic mass is 32.1. The van der Waals surface area contributed by atoms with Crippen LogP contribution in [-0.4, -0.2) is 4.98 Å². The van der Waals surface area contributed by atoms with Crippen LogP contribution in [0.1, 0.15) is 10.6 Å². The maximum Gasteiger partial charge on any atom is 0.153 e. The third kappa shape index (κ3) is 2.62. The molecular weight excluding hydrogens is 316 g/mol. The number of hydrogen-bond donors (Lipinski definition) is 0. The number of nitrogens with zero attached hydrogens (tertiary/aromatic N) is 2. The summed E-state index contributed by atoms with van der Waals surface area (Å²) in [7, 11) is 0. The van der Waals surface area contributed by atoms with E-state index in [1.165, 1.54) is 11.3 Å². The Balaban J connectivity index is 1.78. The van der Waals surface area contributed by atoms with Crippen molar-refractivity contribution in [1.29, 1.82) is 5.26 Å². The number of hydrogen-bond acceptors (Lipinski definition) is 4. The van der Waals surface area contributed by atoms with E-state index in [-0.39, 0.29) is 0 Å². The van der Waals surface area contributed by atoms with Crippen LogP contribution in [0.4, 0.5) is 0 Å². The summed E-state index contributed by atoms with van der Waals surface area (Å²) in [6.07, 6.45) is 3.51. The lowest BCUT2D eigenvalue weighted by Gasteiger charge is -2.02. The van der Waals surface area contributed by atoms with E-state index in [0.717, 1.165) is 22.0 Å². The zero-order valence-electron chi connectivity index (χ0n) is 12.6. The standard InChI is InChI=1S/C20H12N2OS/c21-12-16(20-22-18(13-24-20)19-9-4-10-23-19)11-15-7-3-6-14-5-1-2-8-17(14)15/h1-11,13H/b16-11+. The highest BCUT2D eigenvalue weighted by Crippen LogP contribution is 2.29. The topological polar surface area (TPSA) is 49.8 Å². The van der Waals surface area contributed by atoms with Crippen LogP contribution in [0.3, 0.4) is 0 Å². The van der Waals surface area contributed by atoms with Crippen LogP contribution in [0.25, 0.3) is 33.9 Å². The highest BCUT2D eigenvalue weighted by molar-refractivity contribution is 7.11. The fourth-order valence-corrected chi connectivity index (χ4v) is 3.38. The third-order valence-corrected chi connectivity index (χ3v) is 4.63. The van der Waals surface area contributed by atoms with Crippen molar-refractivity contribution in [3.63, 3.8) is 0 Å². The molecule has 0 saturated carbocycles. The highest BCUT2D eigenvalue weighted by Gasteiger charge is 2.11. The third-order valence-electron chi connectivity index (χ3n) is 3.75. The van der Waals surface area contributed by atoms with Crippen molar-refractivity contribution in [3.05, 3.63) is 76.8 Å². The summed E-state index contributed by atoms with van der Waals surface area (Å²) in [6, 6.07) is 20.2. The molecule has 2 heterocycles. The fraction of sp³-hybridized carbons (Fsp3) is 0. The maximum absolute atomic E-state index is 9.58. The lowest BCUT2D eigenvalue weighted by atomic mass is 10.0. The minimum atomic E-state index is 0.550. The average molecular weight is 328 g/mol. The van der Waals surface area contributed by atoms with Gasteiger partial charge >= 0.3 is 0 Å². The van der Waals surface area contributed by atoms with Crippen LogP contribution in [0.15, 0.2) is 70.7 Å². The zero-order chi connectivity index (χ0) is 16.4. The Morgan fingerprint density at radius 2 is 1.96 bits per heavy atom. The molecule has 114 valence electrons. The number of allylic oxidation sites excluding steroid dienone is 1. The first-order valence-corrected chi connectivity index (χ1v) is 8.32. The van der Waals surface area contributed by atoms with Crippen molar-refractivity contribution < 1.29 is 4.42 Å². The Kier molecular flexibility index (Phi) is 3.70. The van der Waals surface area contributed by atoms with Gasteiger partial charge in [0.25, 0.3) is 0 Å². The summed E-state index contributed by atoms with van der Waals surface area (Å²) >= 11 is 1.44. The van der Waals surface area contributed by atoms with Gasteiger partial charge in [-0.3, -0.25) is 0 Å². The first-order chi connectivity index (χ1) is 11.8. The van der Waals surface area contributed by atoms with Gasteiger partial charge in [-0.25, -0.2) is 4.98 Å². The van der Waals surface area contributed by atoms with Crippen molar-refractivity contribution >= 4 is 33.8 Å². The maximum atomic E-state index is 9.58. The molecule has 2 aromatic heterocycles. The quantitative estimate of drug-likeness (QED) is 0.459. The van der Waals surface area contributed by atoms with Crippen molar-refractivity contribution in [2.24, 2.45) is 0 Å². The molecule has 4 heteroatoms. The van der Waals surface area contributed by atoms with Crippen molar-refractivity contribution in [1.82, 2.24) is 4.98 Å². The lowest BCUT2D eigenvalue weighted by Crippen LogP contribution is -1.83. The predicted molar refractivity (Wildman–Crippen MR) is 97.2 cm³/mol. The Labute approximate surface area is 143 Å². The van der Waals surface area contributed by atoms with Gasteiger partial charge in [0, 0.05) is 5.38 Å². The molecule has 0 aliphatic rings. The van der Waals surface area contributed by atoms with Crippen LogP contribution in [0, 0.1) is 11.3 Å². The summed E-state index contributed by atoms with van der Waals surface area (Å²) in [6.45, 7) is 0. The number of thiazole rings is 1. The van der Waals surface area contributed by atoms with E-state index < -0.39 is 0 Å². The molecule has 0 radical (unpaired) electrons. The number of nitriles is 1. The van der Waals surface area contributed by atoms with Gasteiger partial charge in [-0.1, -0.05) is 42.5 Å². The molecule has 0 saturated heterocycles. The second-order valence-electron chi connectivity index (χ2n) is 5.25. The summed E-state index contributed by atoms with van der Waals surface area (Å²) in [5.74, 6) is 0.708. The van der Waals surface area contributed by atoms with Gasteiger partial charge in [-0.05, 0) is 34.5 Å². The number of furan rings is 1. The second kappa shape index (κ2) is 6.15. The van der Waals surface area contributed by atoms with Gasteiger partial charge in [-0.15, -0.1) is 11.3 Å². The average Bonchev–Trinajstić information content (AvgIpc) is 3.31. The molecule has 0 aliphatic carbocycles. The van der Waals surface area contributed by atoms with E-state index in [2.05, 4.69) is 29.3 Å². The van der Waals surface area contributed by atoms with Crippen molar-refractivity contribution in [3.8, 4) is 17.5 Å². The number of benzene rings is 2. The number of aromatic nitrogens is 1. The zero-order valence-corrected chi connectivity index (χ0v) is 13.5. The molecule has 0 N–H and O–H groups in total. The Bertz CT molecular complexity index is 1060. The summed E-state index contributed by atoms with van der Waals surface area (Å²) in [5.41, 5.74) is 2.31. The van der Waals surface area contributed by atoms with E-state index in [0.29, 0.717) is 16.3 Å². The minimum Gasteiger partial charge on any atom is -0.463 e. The van der Waals surface area contributed by atoms with E-state index in [9.17, 15) is 5.26 Å². The van der Waals surface area contributed by atoms with Gasteiger partial charge in [-0.2, -0.15) is 5.26 Å². The van der Waals surface area contributed by atoms with Gasteiger partial charge in [0.1, 0.15) is 16.8 Å². The monoisotopic (exact) mass is 328 g/mol. The molecule has 0 bridgehead atoms. The van der Waals surface area contributed by atoms with Crippen LogP contribution >= 0.6 is 11.3 Å². The largest absolute Gasteiger partial charge is 0.463 e. The summed E-state index contributed by atoms with van der Waals surface area (Å²) < 4.78 is 5.36. The second-order valence-corrected chi connectivity index (χ2v) is 6.11. The van der Waals surface area contributed by atoms with Gasteiger partial charge < -0.3 is 4.42 Å². The van der Waals surface area contributed by atoms with Gasteiger partial charge in [0.2, 0.25) is 0 Å². The van der Waals surface area contributed by atoms with Crippen LogP contribution < -0.4 is 0 Å². The molecule has 24 heavy (non-hydrogen) atoms. The Morgan fingerprint density at radius 3 is 2.79 bits per heavy atom. The molecule has 0 aliphatic heterocycles. The van der Waals surface area contributed by atoms with E-state index >= 15 is 0 Å². The van der Waals surface area contributed by atoms with Gasteiger partial charge in [0.15, 0.2) is 5.76 Å². The molecule has 0 atom stereocenters. The minimum absolute atomic E-state index is 0.550. The molecule has 0 unspecified atom stereocenters. The predicted octanol–water partition coefficient (Wildman–Crippen LogP) is 5.62. The van der Waals surface area contributed by atoms with E-state index in [4.69, 9.17) is 4.42 Å². The SMILES string of the molecule is N#C/C(=C\c1cccc2ccccc12)c1nc(-c2ccco2)cs1. The van der Waals surface area contributed by atoms with Crippen molar-refractivity contribution in [2.75, 3.05) is 0 Å². The van der Waals surface area contributed by atoms with Crippen LogP contribution in [-0.2, 0) is 0 Å². The first-order valence-electron chi connectivity index (χ1n) is 7.44. The van der Waals surface area contributed by atoms with Crippen LogP contribution in [0.5, 0.6) is 0 Å². The molecule has 0 fully saturated rings. The molecule has 4 aromatic rings. The van der Waals surface area contributed by atoms with Crippen molar-refractivity contribution in [2.45, 2.75) is 0 Å². The Hall–Kier alpha value is -3.16. The number of fused-ring (bicyclic) bond motifs is 1.